The van der Waals surface area contributed by atoms with Crippen LogP contribution in [0.3, 0.4) is 0 Å². The summed E-state index contributed by atoms with van der Waals surface area (Å²) in [5.74, 6) is 0. The molecule has 35 heavy (non-hydrogen) atoms. The van der Waals surface area contributed by atoms with Gasteiger partial charge < -0.3 is 21.5 Å². The molecule has 0 radical (unpaired) electrons. The molecule has 1 atom stereocenters. The van der Waals surface area contributed by atoms with Crippen LogP contribution in [0.5, 0.6) is 0 Å². The first-order valence-electron chi connectivity index (χ1n) is 15.6. The first kappa shape index (κ1) is 34.7. The van der Waals surface area contributed by atoms with Gasteiger partial charge in [0.1, 0.15) is 6.54 Å². The first-order valence-corrected chi connectivity index (χ1v) is 15.6. The molecule has 1 aromatic rings. The lowest BCUT2D eigenvalue weighted by Crippen LogP contribution is -3.00. The Balaban J connectivity index is 0.0000116. The van der Waals surface area contributed by atoms with E-state index in [1.165, 1.54) is 165 Å². The molecule has 0 aromatic heterocycles. The van der Waals surface area contributed by atoms with E-state index in [-0.39, 0.29) is 17.0 Å². The van der Waals surface area contributed by atoms with Crippen LogP contribution in [0.2, 0.25) is 0 Å². The zero-order valence-electron chi connectivity index (χ0n) is 24.2. The molecule has 0 N–H and O–H groups in total. The van der Waals surface area contributed by atoms with Crippen molar-refractivity contribution in [3.05, 3.63) is 35.9 Å². The summed E-state index contributed by atoms with van der Waals surface area (Å²) >= 11 is 0. The second-order valence-corrected chi connectivity index (χ2v) is 11.4. The van der Waals surface area contributed by atoms with Gasteiger partial charge in [-0.05, 0) is 25.7 Å². The summed E-state index contributed by atoms with van der Waals surface area (Å²) < 4.78 is 1.23. The van der Waals surface area contributed by atoms with E-state index in [9.17, 15) is 0 Å². The van der Waals surface area contributed by atoms with Crippen LogP contribution in [0, 0.1) is 0 Å². The quantitative estimate of drug-likeness (QED) is 0.0855. The van der Waals surface area contributed by atoms with Crippen LogP contribution in [0.15, 0.2) is 30.3 Å². The SMILES string of the molecule is CCCCCCCCCCCCC[N+](C)(CCCCCCCCCCCC)Cc1ccccc1.[Br-]. The summed E-state index contributed by atoms with van der Waals surface area (Å²) in [5, 5.41) is 0. The zero-order chi connectivity index (χ0) is 24.6. The van der Waals surface area contributed by atoms with Gasteiger partial charge in [-0.15, -0.1) is 0 Å². The Labute approximate surface area is 232 Å². The van der Waals surface area contributed by atoms with Gasteiger partial charge in [0, 0.05) is 5.56 Å². The lowest BCUT2D eigenvalue weighted by Gasteiger charge is -2.35. The molecular weight excluding hydrogens is 490 g/mol. The van der Waals surface area contributed by atoms with E-state index in [4.69, 9.17) is 0 Å². The van der Waals surface area contributed by atoms with Crippen LogP contribution in [0.1, 0.15) is 154 Å². The number of unbranched alkanes of at least 4 members (excludes halogenated alkanes) is 19. The predicted molar refractivity (Wildman–Crippen MR) is 154 cm³/mol. The summed E-state index contributed by atoms with van der Waals surface area (Å²) in [6.45, 7) is 8.52. The third-order valence-electron chi connectivity index (χ3n) is 7.76. The van der Waals surface area contributed by atoms with Crippen molar-refractivity contribution in [2.24, 2.45) is 0 Å². The number of halogens is 1. The van der Waals surface area contributed by atoms with Crippen molar-refractivity contribution in [3.8, 4) is 0 Å². The summed E-state index contributed by atoms with van der Waals surface area (Å²) in [4.78, 5) is 0. The lowest BCUT2D eigenvalue weighted by molar-refractivity contribution is -0.923. The van der Waals surface area contributed by atoms with Gasteiger partial charge in [0.15, 0.2) is 0 Å². The minimum Gasteiger partial charge on any atom is -1.00 e. The van der Waals surface area contributed by atoms with E-state index < -0.39 is 0 Å². The second-order valence-electron chi connectivity index (χ2n) is 11.4. The van der Waals surface area contributed by atoms with E-state index in [2.05, 4.69) is 51.2 Å². The molecule has 1 aromatic carbocycles. The number of quaternary nitrogens is 1. The molecule has 1 rings (SSSR count). The molecule has 0 saturated carbocycles. The molecule has 0 aliphatic carbocycles. The van der Waals surface area contributed by atoms with Gasteiger partial charge in [-0.2, -0.15) is 0 Å². The number of nitrogens with zero attached hydrogens (tertiary/aromatic N) is 1. The van der Waals surface area contributed by atoms with Crippen LogP contribution in [0.25, 0.3) is 0 Å². The Morgan fingerprint density at radius 3 is 1.11 bits per heavy atom. The normalized spacial score (nSPS) is 12.9. The Kier molecular flexibility index (Phi) is 25.1. The molecule has 0 bridgehead atoms. The van der Waals surface area contributed by atoms with Crippen LogP contribution in [0.4, 0.5) is 0 Å². The average Bonchev–Trinajstić information content (AvgIpc) is 2.84. The van der Waals surface area contributed by atoms with Crippen LogP contribution >= 0.6 is 0 Å². The van der Waals surface area contributed by atoms with E-state index in [1.807, 2.05) is 0 Å². The van der Waals surface area contributed by atoms with Crippen molar-refractivity contribution in [1.82, 2.24) is 0 Å². The Morgan fingerprint density at radius 1 is 0.457 bits per heavy atom. The summed E-state index contributed by atoms with van der Waals surface area (Å²) in [6.07, 6.45) is 30.1. The first-order chi connectivity index (χ1) is 16.7. The molecule has 0 heterocycles. The minimum absolute atomic E-state index is 0. The fourth-order valence-electron chi connectivity index (χ4n) is 5.43. The van der Waals surface area contributed by atoms with Crippen LogP contribution in [-0.2, 0) is 6.54 Å². The molecule has 0 saturated heterocycles. The van der Waals surface area contributed by atoms with Crippen molar-refractivity contribution < 1.29 is 21.5 Å². The summed E-state index contributed by atoms with van der Waals surface area (Å²) in [6, 6.07) is 11.2. The van der Waals surface area contributed by atoms with Gasteiger partial charge in [-0.3, -0.25) is 0 Å². The fraction of sp³-hybridized carbons (Fsp3) is 0.818. The van der Waals surface area contributed by atoms with Crippen molar-refractivity contribution in [3.63, 3.8) is 0 Å². The van der Waals surface area contributed by atoms with Gasteiger partial charge in [0.2, 0.25) is 0 Å². The maximum absolute atomic E-state index is 2.52. The lowest BCUT2D eigenvalue weighted by atomic mass is 10.0. The molecular formula is C33H62BrN. The topological polar surface area (TPSA) is 0 Å². The third kappa shape index (κ3) is 21.5. The van der Waals surface area contributed by atoms with E-state index >= 15 is 0 Å². The maximum Gasteiger partial charge on any atom is 0.104 e. The highest BCUT2D eigenvalue weighted by molar-refractivity contribution is 5.13. The Hall–Kier alpha value is -0.340. The Bertz CT molecular complexity index is 531. The van der Waals surface area contributed by atoms with Crippen molar-refractivity contribution in [2.45, 2.75) is 155 Å². The van der Waals surface area contributed by atoms with E-state index in [1.54, 1.807) is 0 Å². The van der Waals surface area contributed by atoms with E-state index in [0.29, 0.717) is 0 Å². The second kappa shape index (κ2) is 25.3. The smallest absolute Gasteiger partial charge is 0.104 e. The number of hydrogen-bond donors (Lipinski definition) is 0. The monoisotopic (exact) mass is 551 g/mol. The summed E-state index contributed by atoms with van der Waals surface area (Å²) in [7, 11) is 2.52. The van der Waals surface area contributed by atoms with Gasteiger partial charge in [0.25, 0.3) is 0 Å². The minimum atomic E-state index is 0. The molecule has 0 aliphatic rings. The van der Waals surface area contributed by atoms with Crippen molar-refractivity contribution in [1.29, 1.82) is 0 Å². The van der Waals surface area contributed by atoms with Crippen molar-refractivity contribution >= 4 is 0 Å². The molecule has 206 valence electrons. The fourth-order valence-corrected chi connectivity index (χ4v) is 5.43. The molecule has 0 spiro atoms. The van der Waals surface area contributed by atoms with E-state index in [0.717, 1.165) is 0 Å². The zero-order valence-corrected chi connectivity index (χ0v) is 25.8. The largest absolute Gasteiger partial charge is 1.00 e. The summed E-state index contributed by atoms with van der Waals surface area (Å²) in [5.41, 5.74) is 1.51. The van der Waals surface area contributed by atoms with Gasteiger partial charge in [-0.1, -0.05) is 153 Å². The van der Waals surface area contributed by atoms with Crippen LogP contribution < -0.4 is 17.0 Å². The highest BCUT2D eigenvalue weighted by Gasteiger charge is 2.21. The number of benzene rings is 1. The third-order valence-corrected chi connectivity index (χ3v) is 7.76. The number of hydrogen-bond acceptors (Lipinski definition) is 0. The average molecular weight is 553 g/mol. The molecule has 0 fully saturated rings. The van der Waals surface area contributed by atoms with Gasteiger partial charge in [0.05, 0.1) is 20.1 Å². The maximum atomic E-state index is 2.52. The molecule has 0 aliphatic heterocycles. The predicted octanol–water partition coefficient (Wildman–Crippen LogP) is 7.87. The van der Waals surface area contributed by atoms with Gasteiger partial charge >= 0.3 is 0 Å². The van der Waals surface area contributed by atoms with Crippen LogP contribution in [-0.4, -0.2) is 24.6 Å². The molecule has 1 nitrogen and oxygen atoms in total. The Morgan fingerprint density at radius 2 is 0.771 bits per heavy atom. The molecule has 1 unspecified atom stereocenters. The standard InChI is InChI=1S/C33H62N.BrH/c1-4-6-8-10-12-14-16-18-20-22-27-31-34(3,32-33-28-24-23-25-29-33)30-26-21-19-17-15-13-11-9-7-5-2;/h23-25,28-29H,4-22,26-27,30-32H2,1-3H3;1H/q+1;/p-1. The molecule has 2 heteroatoms. The van der Waals surface area contributed by atoms with Gasteiger partial charge in [-0.25, -0.2) is 0 Å². The number of rotatable bonds is 25. The van der Waals surface area contributed by atoms with Crippen molar-refractivity contribution in [2.75, 3.05) is 20.1 Å². The highest BCUT2D eigenvalue weighted by atomic mass is 79.9. The highest BCUT2D eigenvalue weighted by Crippen LogP contribution is 2.18. The molecule has 0 amide bonds.